The van der Waals surface area contributed by atoms with Crippen molar-refractivity contribution in [2.45, 2.75) is 20.8 Å². The zero-order valence-corrected chi connectivity index (χ0v) is 13.0. The molecule has 1 fully saturated rings. The lowest BCUT2D eigenvalue weighted by molar-refractivity contribution is 0.644. The number of hydrogen-bond acceptors (Lipinski definition) is 4. The summed E-state index contributed by atoms with van der Waals surface area (Å²) >= 11 is 0. The minimum absolute atomic E-state index is 0.837. The third kappa shape index (κ3) is 2.84. The second-order valence-electron chi connectivity index (χ2n) is 5.66. The van der Waals surface area contributed by atoms with Crippen LogP contribution in [0.4, 0.5) is 11.5 Å². The summed E-state index contributed by atoms with van der Waals surface area (Å²) in [5.74, 6) is 1.88. The average Bonchev–Trinajstić information content (AvgIpc) is 2.50. The Hall–Kier alpha value is -2.10. The molecular formula is C17H22N4. The van der Waals surface area contributed by atoms with Crippen LogP contribution in [0.2, 0.25) is 0 Å². The zero-order chi connectivity index (χ0) is 14.8. The summed E-state index contributed by atoms with van der Waals surface area (Å²) in [4.78, 5) is 13.5. The topological polar surface area (TPSA) is 32.3 Å². The third-order valence-electron chi connectivity index (χ3n) is 4.28. The number of nitrogens with zero attached hydrogens (tertiary/aromatic N) is 4. The van der Waals surface area contributed by atoms with Gasteiger partial charge in [0.1, 0.15) is 11.6 Å². The fourth-order valence-electron chi connectivity index (χ4n) is 2.87. The molecule has 4 heteroatoms. The molecule has 1 aromatic carbocycles. The molecule has 1 aliphatic rings. The van der Waals surface area contributed by atoms with Crippen molar-refractivity contribution in [3.05, 3.63) is 47.4 Å². The maximum atomic E-state index is 4.52. The van der Waals surface area contributed by atoms with Crippen LogP contribution in [0.5, 0.6) is 0 Å². The molecule has 0 saturated carbocycles. The second-order valence-corrected chi connectivity index (χ2v) is 5.66. The first-order valence-electron chi connectivity index (χ1n) is 7.51. The van der Waals surface area contributed by atoms with E-state index >= 15 is 0 Å². The van der Waals surface area contributed by atoms with Crippen molar-refractivity contribution in [1.82, 2.24) is 9.97 Å². The van der Waals surface area contributed by atoms with Crippen molar-refractivity contribution in [2.75, 3.05) is 36.0 Å². The van der Waals surface area contributed by atoms with Crippen LogP contribution in [-0.2, 0) is 0 Å². The molecule has 3 rings (SSSR count). The molecule has 4 nitrogen and oxygen atoms in total. The Morgan fingerprint density at radius 3 is 2.33 bits per heavy atom. The van der Waals surface area contributed by atoms with Gasteiger partial charge in [-0.1, -0.05) is 12.1 Å². The van der Waals surface area contributed by atoms with E-state index in [9.17, 15) is 0 Å². The molecule has 2 aromatic rings. The average molecular weight is 282 g/mol. The Morgan fingerprint density at radius 1 is 0.905 bits per heavy atom. The molecule has 0 bridgehead atoms. The Balaban J connectivity index is 1.72. The van der Waals surface area contributed by atoms with Crippen LogP contribution in [0.1, 0.15) is 17.0 Å². The monoisotopic (exact) mass is 282 g/mol. The molecule has 0 spiro atoms. The summed E-state index contributed by atoms with van der Waals surface area (Å²) < 4.78 is 0. The van der Waals surface area contributed by atoms with Crippen molar-refractivity contribution in [3.63, 3.8) is 0 Å². The molecule has 0 amide bonds. The highest BCUT2D eigenvalue weighted by Crippen LogP contribution is 2.24. The fourth-order valence-corrected chi connectivity index (χ4v) is 2.87. The minimum Gasteiger partial charge on any atom is -0.368 e. The van der Waals surface area contributed by atoms with Gasteiger partial charge in [-0.3, -0.25) is 0 Å². The Labute approximate surface area is 126 Å². The van der Waals surface area contributed by atoms with Gasteiger partial charge in [0, 0.05) is 38.1 Å². The van der Waals surface area contributed by atoms with Crippen molar-refractivity contribution in [1.29, 1.82) is 0 Å². The highest BCUT2D eigenvalue weighted by molar-refractivity contribution is 5.57. The predicted octanol–water partition coefficient (Wildman–Crippen LogP) is 2.73. The molecule has 0 unspecified atom stereocenters. The molecule has 0 aliphatic carbocycles. The van der Waals surface area contributed by atoms with Crippen molar-refractivity contribution in [2.24, 2.45) is 0 Å². The molecule has 0 radical (unpaired) electrons. The molecular weight excluding hydrogens is 260 g/mol. The van der Waals surface area contributed by atoms with Crippen LogP contribution in [0.3, 0.4) is 0 Å². The Kier molecular flexibility index (Phi) is 3.78. The van der Waals surface area contributed by atoms with E-state index in [2.05, 4.69) is 51.8 Å². The van der Waals surface area contributed by atoms with E-state index in [0.717, 1.165) is 37.8 Å². The first kappa shape index (κ1) is 13.9. The van der Waals surface area contributed by atoms with Gasteiger partial charge in [0.15, 0.2) is 0 Å². The summed E-state index contributed by atoms with van der Waals surface area (Å²) in [5, 5.41) is 0. The number of aryl methyl sites for hydroxylation is 2. The number of piperazine rings is 1. The number of aromatic nitrogens is 2. The van der Waals surface area contributed by atoms with Gasteiger partial charge in [0.2, 0.25) is 0 Å². The first-order chi connectivity index (χ1) is 10.1. The van der Waals surface area contributed by atoms with Crippen LogP contribution in [0.25, 0.3) is 0 Å². The third-order valence-corrected chi connectivity index (χ3v) is 4.28. The van der Waals surface area contributed by atoms with Gasteiger partial charge in [0.25, 0.3) is 0 Å². The highest BCUT2D eigenvalue weighted by Gasteiger charge is 2.19. The highest BCUT2D eigenvalue weighted by atomic mass is 15.3. The van der Waals surface area contributed by atoms with Gasteiger partial charge >= 0.3 is 0 Å². The lowest BCUT2D eigenvalue weighted by Crippen LogP contribution is -2.47. The molecule has 21 heavy (non-hydrogen) atoms. The van der Waals surface area contributed by atoms with Gasteiger partial charge in [-0.05, 0) is 44.0 Å². The smallest absolute Gasteiger partial charge is 0.132 e. The summed E-state index contributed by atoms with van der Waals surface area (Å²) in [7, 11) is 0. The maximum absolute atomic E-state index is 4.52. The van der Waals surface area contributed by atoms with Gasteiger partial charge < -0.3 is 9.80 Å². The fraction of sp³-hybridized carbons (Fsp3) is 0.412. The van der Waals surface area contributed by atoms with Crippen LogP contribution in [0.15, 0.2) is 30.5 Å². The van der Waals surface area contributed by atoms with E-state index in [-0.39, 0.29) is 0 Å². The van der Waals surface area contributed by atoms with Gasteiger partial charge in [-0.15, -0.1) is 0 Å². The summed E-state index contributed by atoms with van der Waals surface area (Å²) in [6, 6.07) is 8.56. The molecule has 1 saturated heterocycles. The van der Waals surface area contributed by atoms with Crippen molar-refractivity contribution < 1.29 is 0 Å². The molecule has 0 atom stereocenters. The molecule has 0 N–H and O–H groups in total. The standard InChI is InChI=1S/C17H22N4/c1-13-5-4-6-16(14(13)2)20-9-11-21(12-10-20)17-7-8-18-15(3)19-17/h4-8H,9-12H2,1-3H3. The van der Waals surface area contributed by atoms with Gasteiger partial charge in [-0.25, -0.2) is 9.97 Å². The normalized spacial score (nSPS) is 15.4. The van der Waals surface area contributed by atoms with Crippen molar-refractivity contribution in [3.8, 4) is 0 Å². The zero-order valence-electron chi connectivity index (χ0n) is 13.0. The molecule has 2 heterocycles. The van der Waals surface area contributed by atoms with E-state index in [1.54, 1.807) is 0 Å². The van der Waals surface area contributed by atoms with Crippen LogP contribution < -0.4 is 9.80 Å². The molecule has 110 valence electrons. The van der Waals surface area contributed by atoms with Crippen molar-refractivity contribution >= 4 is 11.5 Å². The van der Waals surface area contributed by atoms with Gasteiger partial charge in [-0.2, -0.15) is 0 Å². The van der Waals surface area contributed by atoms with E-state index in [1.165, 1.54) is 16.8 Å². The molecule has 1 aromatic heterocycles. The number of hydrogen-bond donors (Lipinski definition) is 0. The Morgan fingerprint density at radius 2 is 1.62 bits per heavy atom. The van der Waals surface area contributed by atoms with E-state index in [0.29, 0.717) is 0 Å². The number of benzene rings is 1. The quantitative estimate of drug-likeness (QED) is 0.848. The second kappa shape index (κ2) is 5.72. The van der Waals surface area contributed by atoms with Crippen LogP contribution in [0, 0.1) is 20.8 Å². The summed E-state index contributed by atoms with van der Waals surface area (Å²) in [6.07, 6.45) is 1.84. The minimum atomic E-state index is 0.837. The summed E-state index contributed by atoms with van der Waals surface area (Å²) in [5.41, 5.74) is 4.12. The number of anilines is 2. The molecule has 1 aliphatic heterocycles. The van der Waals surface area contributed by atoms with Gasteiger partial charge in [0.05, 0.1) is 0 Å². The predicted molar refractivity (Wildman–Crippen MR) is 87.1 cm³/mol. The Bertz CT molecular complexity index is 630. The number of rotatable bonds is 2. The lowest BCUT2D eigenvalue weighted by Gasteiger charge is -2.37. The first-order valence-corrected chi connectivity index (χ1v) is 7.51. The van der Waals surface area contributed by atoms with E-state index in [1.807, 2.05) is 19.2 Å². The van der Waals surface area contributed by atoms with Crippen LogP contribution in [-0.4, -0.2) is 36.1 Å². The van der Waals surface area contributed by atoms with E-state index < -0.39 is 0 Å². The summed E-state index contributed by atoms with van der Waals surface area (Å²) in [6.45, 7) is 10.4. The van der Waals surface area contributed by atoms with E-state index in [4.69, 9.17) is 0 Å². The largest absolute Gasteiger partial charge is 0.368 e. The SMILES string of the molecule is Cc1nccc(N2CCN(c3cccc(C)c3C)CC2)n1. The van der Waals surface area contributed by atoms with Crippen LogP contribution >= 0.6 is 0 Å². The lowest BCUT2D eigenvalue weighted by atomic mass is 10.1. The maximum Gasteiger partial charge on any atom is 0.132 e.